The van der Waals surface area contributed by atoms with Gasteiger partial charge in [0.25, 0.3) is 0 Å². The van der Waals surface area contributed by atoms with Crippen molar-refractivity contribution >= 4 is 17.2 Å². The predicted octanol–water partition coefficient (Wildman–Crippen LogP) is 5.89. The van der Waals surface area contributed by atoms with Gasteiger partial charge in [0.15, 0.2) is 0 Å². The first-order valence-electron chi connectivity index (χ1n) is 10.0. The molecule has 2 atom stereocenters. The van der Waals surface area contributed by atoms with Gasteiger partial charge in [0.05, 0.1) is 5.69 Å². The van der Waals surface area contributed by atoms with Gasteiger partial charge in [-0.1, -0.05) is 36.7 Å². The summed E-state index contributed by atoms with van der Waals surface area (Å²) < 4.78 is 0. The lowest BCUT2D eigenvalue weighted by molar-refractivity contribution is 0.283. The molecule has 1 saturated heterocycles. The Kier molecular flexibility index (Phi) is 4.58. The van der Waals surface area contributed by atoms with Crippen LogP contribution in [0.2, 0.25) is 5.02 Å². The molecule has 2 aromatic heterocycles. The number of aromatic amines is 1. The van der Waals surface area contributed by atoms with E-state index in [4.69, 9.17) is 11.6 Å². The average Bonchev–Trinajstić information content (AvgIpc) is 3.30. The van der Waals surface area contributed by atoms with E-state index < -0.39 is 0 Å². The summed E-state index contributed by atoms with van der Waals surface area (Å²) in [5.41, 5.74) is 7.41. The highest BCUT2D eigenvalue weighted by Gasteiger charge is 2.32. The molecule has 0 bridgehead atoms. The molecular weight excluding hydrogens is 366 g/mol. The van der Waals surface area contributed by atoms with Gasteiger partial charge >= 0.3 is 0 Å². The molecule has 2 aliphatic heterocycles. The summed E-state index contributed by atoms with van der Waals surface area (Å²) in [7, 11) is 0. The van der Waals surface area contributed by atoms with Crippen LogP contribution in [0.1, 0.15) is 25.3 Å². The zero-order valence-corrected chi connectivity index (χ0v) is 16.8. The van der Waals surface area contributed by atoms with Gasteiger partial charge in [-0.3, -0.25) is 9.88 Å². The van der Waals surface area contributed by atoms with Crippen LogP contribution >= 0.6 is 11.6 Å². The molecule has 4 heteroatoms. The zero-order chi connectivity index (χ0) is 19.1. The Morgan fingerprint density at radius 1 is 1.14 bits per heavy atom. The molecule has 1 N–H and O–H groups in total. The predicted molar refractivity (Wildman–Crippen MR) is 116 cm³/mol. The van der Waals surface area contributed by atoms with Gasteiger partial charge < -0.3 is 4.98 Å². The largest absolute Gasteiger partial charge is 0.360 e. The minimum atomic E-state index is 0.577. The van der Waals surface area contributed by atoms with Crippen molar-refractivity contribution in [3.63, 3.8) is 0 Å². The third-order valence-electron chi connectivity index (χ3n) is 6.03. The molecule has 5 rings (SSSR count). The number of aromatic nitrogens is 2. The monoisotopic (exact) mass is 389 g/mol. The number of hydrogen-bond acceptors (Lipinski definition) is 2. The number of fused-ring (bicyclic) bond motifs is 1. The standard InChI is InChI=1S/C24H24ClN3/c1-16-11-21-13-18(7-10-28(21)15-16)22-14-27-24(19-3-2-4-20(25)12-19)23(22)17-5-8-26-9-6-17/h2-6,8-9,12-14,16,21,27H,7,10-11,15H2,1H3. The maximum absolute atomic E-state index is 6.28. The lowest BCUT2D eigenvalue weighted by Gasteiger charge is -2.28. The highest BCUT2D eigenvalue weighted by molar-refractivity contribution is 6.30. The van der Waals surface area contributed by atoms with E-state index >= 15 is 0 Å². The van der Waals surface area contributed by atoms with Gasteiger partial charge in [-0.15, -0.1) is 0 Å². The molecular formula is C24H24ClN3. The van der Waals surface area contributed by atoms with Crippen molar-refractivity contribution in [3.8, 4) is 22.4 Å². The van der Waals surface area contributed by atoms with Gasteiger partial charge in [-0.05, 0) is 54.2 Å². The second-order valence-electron chi connectivity index (χ2n) is 8.04. The number of benzene rings is 1. The molecule has 0 saturated carbocycles. The molecule has 142 valence electrons. The number of hydrogen-bond donors (Lipinski definition) is 1. The van der Waals surface area contributed by atoms with Crippen LogP contribution in [0.3, 0.4) is 0 Å². The maximum Gasteiger partial charge on any atom is 0.0540 e. The lowest BCUT2D eigenvalue weighted by Crippen LogP contribution is -2.32. The summed E-state index contributed by atoms with van der Waals surface area (Å²) in [5, 5.41) is 0.752. The highest BCUT2D eigenvalue weighted by Crippen LogP contribution is 2.41. The fourth-order valence-electron chi connectivity index (χ4n) is 4.77. The van der Waals surface area contributed by atoms with Gasteiger partial charge in [0.2, 0.25) is 0 Å². The van der Waals surface area contributed by atoms with Crippen LogP contribution in [0.25, 0.3) is 28.0 Å². The number of nitrogens with one attached hydrogen (secondary N) is 1. The summed E-state index contributed by atoms with van der Waals surface area (Å²) in [5.74, 6) is 0.786. The van der Waals surface area contributed by atoms with E-state index in [-0.39, 0.29) is 0 Å². The third kappa shape index (κ3) is 3.19. The fourth-order valence-corrected chi connectivity index (χ4v) is 4.96. The Morgan fingerprint density at radius 3 is 2.82 bits per heavy atom. The van der Waals surface area contributed by atoms with E-state index in [9.17, 15) is 0 Å². The van der Waals surface area contributed by atoms with Crippen LogP contribution < -0.4 is 0 Å². The van der Waals surface area contributed by atoms with Gasteiger partial charge in [0, 0.05) is 59.4 Å². The van der Waals surface area contributed by atoms with Crippen molar-refractivity contribution in [2.24, 2.45) is 5.92 Å². The number of nitrogens with zero attached hydrogens (tertiary/aromatic N) is 2. The first-order chi connectivity index (χ1) is 13.7. The van der Waals surface area contributed by atoms with Crippen molar-refractivity contribution in [2.45, 2.75) is 25.8 Å². The Balaban J connectivity index is 1.64. The Labute approximate surface area is 171 Å². The highest BCUT2D eigenvalue weighted by atomic mass is 35.5. The van der Waals surface area contributed by atoms with Crippen LogP contribution in [0.15, 0.2) is 61.1 Å². The van der Waals surface area contributed by atoms with E-state index in [2.05, 4.69) is 52.3 Å². The lowest BCUT2D eigenvalue weighted by atomic mass is 9.90. The van der Waals surface area contributed by atoms with E-state index in [1.165, 1.54) is 35.2 Å². The molecule has 3 aromatic rings. The van der Waals surface area contributed by atoms with Crippen LogP contribution in [0.5, 0.6) is 0 Å². The van der Waals surface area contributed by atoms with Gasteiger partial charge in [-0.2, -0.15) is 0 Å². The van der Waals surface area contributed by atoms with Crippen LogP contribution in [0.4, 0.5) is 0 Å². The zero-order valence-electron chi connectivity index (χ0n) is 16.0. The third-order valence-corrected chi connectivity index (χ3v) is 6.26. The average molecular weight is 390 g/mol. The van der Waals surface area contributed by atoms with E-state index in [1.807, 2.05) is 30.6 Å². The number of pyridine rings is 1. The van der Waals surface area contributed by atoms with Crippen molar-refractivity contribution in [1.82, 2.24) is 14.9 Å². The molecule has 28 heavy (non-hydrogen) atoms. The van der Waals surface area contributed by atoms with Crippen molar-refractivity contribution in [3.05, 3.63) is 71.7 Å². The second kappa shape index (κ2) is 7.23. The normalized spacial score (nSPS) is 22.1. The van der Waals surface area contributed by atoms with Crippen LogP contribution in [0, 0.1) is 5.92 Å². The minimum absolute atomic E-state index is 0.577. The molecule has 3 nitrogen and oxygen atoms in total. The molecule has 0 spiro atoms. The summed E-state index contributed by atoms with van der Waals surface area (Å²) in [6.07, 6.45) is 10.8. The molecule has 0 radical (unpaired) electrons. The Hall–Kier alpha value is -2.36. The number of rotatable bonds is 3. The number of H-pyrrole nitrogens is 1. The summed E-state index contributed by atoms with van der Waals surface area (Å²) in [6.45, 7) is 4.74. The summed E-state index contributed by atoms with van der Waals surface area (Å²) >= 11 is 6.28. The first-order valence-corrected chi connectivity index (χ1v) is 10.4. The van der Waals surface area contributed by atoms with Crippen molar-refractivity contribution in [2.75, 3.05) is 13.1 Å². The SMILES string of the molecule is CC1CC2C=C(c3c[nH]c(-c4cccc(Cl)c4)c3-c3ccncc3)CCN2C1. The molecule has 0 amide bonds. The Bertz CT molecular complexity index is 1020. The van der Waals surface area contributed by atoms with Crippen molar-refractivity contribution < 1.29 is 0 Å². The van der Waals surface area contributed by atoms with E-state index in [1.54, 1.807) is 0 Å². The van der Waals surface area contributed by atoms with Gasteiger partial charge in [-0.25, -0.2) is 0 Å². The molecule has 0 aliphatic carbocycles. The topological polar surface area (TPSA) is 31.9 Å². The Morgan fingerprint density at radius 2 is 2.00 bits per heavy atom. The maximum atomic E-state index is 6.28. The summed E-state index contributed by atoms with van der Waals surface area (Å²) in [6, 6.07) is 12.8. The smallest absolute Gasteiger partial charge is 0.0540 e. The molecule has 2 aliphatic rings. The van der Waals surface area contributed by atoms with Crippen molar-refractivity contribution in [1.29, 1.82) is 0 Å². The van der Waals surface area contributed by atoms with Gasteiger partial charge in [0.1, 0.15) is 0 Å². The fraction of sp³-hybridized carbons (Fsp3) is 0.292. The van der Waals surface area contributed by atoms with Crippen LogP contribution in [-0.4, -0.2) is 34.0 Å². The molecule has 1 fully saturated rings. The molecule has 2 unspecified atom stereocenters. The first kappa shape index (κ1) is 17.7. The van der Waals surface area contributed by atoms with Crippen LogP contribution in [-0.2, 0) is 0 Å². The molecule has 4 heterocycles. The quantitative estimate of drug-likeness (QED) is 0.605. The molecule has 1 aromatic carbocycles. The number of halogens is 1. The summed E-state index contributed by atoms with van der Waals surface area (Å²) in [4.78, 5) is 10.4. The van der Waals surface area contributed by atoms with E-state index in [0.29, 0.717) is 6.04 Å². The second-order valence-corrected chi connectivity index (χ2v) is 8.48. The minimum Gasteiger partial charge on any atom is -0.360 e. The van der Waals surface area contributed by atoms with E-state index in [0.717, 1.165) is 35.2 Å².